The molecule has 4 nitrogen and oxygen atoms in total. The number of hydrogen-bond acceptors (Lipinski definition) is 5. The van der Waals surface area contributed by atoms with Crippen LogP contribution in [0.2, 0.25) is 0 Å². The number of aryl methyl sites for hydroxylation is 2. The lowest BCUT2D eigenvalue weighted by atomic mass is 10.2. The van der Waals surface area contributed by atoms with Gasteiger partial charge in [0.05, 0.1) is 0 Å². The average molecular weight is 296 g/mol. The predicted molar refractivity (Wildman–Crippen MR) is 88.8 cm³/mol. The van der Waals surface area contributed by atoms with Gasteiger partial charge in [-0.05, 0) is 49.2 Å². The van der Waals surface area contributed by atoms with Crippen molar-refractivity contribution in [2.24, 2.45) is 0 Å². The van der Waals surface area contributed by atoms with E-state index in [1.807, 2.05) is 24.3 Å². The second kappa shape index (κ2) is 5.93. The van der Waals surface area contributed by atoms with E-state index in [0.717, 1.165) is 21.6 Å². The van der Waals surface area contributed by atoms with E-state index < -0.39 is 0 Å². The van der Waals surface area contributed by atoms with Gasteiger partial charge in [0.1, 0.15) is 0 Å². The summed E-state index contributed by atoms with van der Waals surface area (Å²) in [5.74, 6) is 0. The van der Waals surface area contributed by atoms with Crippen LogP contribution in [-0.2, 0) is 0 Å². The van der Waals surface area contributed by atoms with Crippen molar-refractivity contribution in [1.29, 1.82) is 0 Å². The molecule has 1 aromatic heterocycles. The number of hydrogen-bond donors (Lipinski definition) is 2. The number of benzene rings is 2. The molecule has 0 saturated carbocycles. The van der Waals surface area contributed by atoms with Crippen molar-refractivity contribution >= 4 is 33.0 Å². The summed E-state index contributed by atoms with van der Waals surface area (Å²) in [6, 6.07) is 16.4. The molecule has 0 unspecified atom stereocenters. The Labute approximate surface area is 127 Å². The highest BCUT2D eigenvalue weighted by atomic mass is 32.1. The van der Waals surface area contributed by atoms with Crippen LogP contribution in [0.25, 0.3) is 0 Å². The van der Waals surface area contributed by atoms with Gasteiger partial charge in [0.2, 0.25) is 10.3 Å². The molecule has 2 aromatic carbocycles. The first-order valence-electron chi connectivity index (χ1n) is 6.70. The van der Waals surface area contributed by atoms with Crippen molar-refractivity contribution < 1.29 is 0 Å². The highest BCUT2D eigenvalue weighted by molar-refractivity contribution is 7.19. The summed E-state index contributed by atoms with van der Waals surface area (Å²) in [6.07, 6.45) is 0. The zero-order valence-electron chi connectivity index (χ0n) is 11.9. The van der Waals surface area contributed by atoms with Crippen molar-refractivity contribution in [3.05, 3.63) is 59.7 Å². The fourth-order valence-electron chi connectivity index (χ4n) is 2.02. The van der Waals surface area contributed by atoms with E-state index in [1.165, 1.54) is 22.5 Å². The number of anilines is 4. The van der Waals surface area contributed by atoms with Crippen LogP contribution in [0.5, 0.6) is 0 Å². The summed E-state index contributed by atoms with van der Waals surface area (Å²) in [5.41, 5.74) is 4.46. The molecule has 0 aliphatic carbocycles. The third-order valence-corrected chi connectivity index (χ3v) is 3.72. The standard InChI is InChI=1S/C16H16N4S/c1-11-5-3-7-13(9-11)17-15-19-20-16(21-15)18-14-8-4-6-12(2)10-14/h3-10H,1-2H3,(H,17,19)(H,18,20). The number of aromatic nitrogens is 2. The highest BCUT2D eigenvalue weighted by Crippen LogP contribution is 2.26. The Morgan fingerprint density at radius 3 is 1.67 bits per heavy atom. The van der Waals surface area contributed by atoms with E-state index in [2.05, 4.69) is 58.9 Å². The van der Waals surface area contributed by atoms with Gasteiger partial charge in [0, 0.05) is 11.4 Å². The van der Waals surface area contributed by atoms with Gasteiger partial charge in [0.15, 0.2) is 0 Å². The van der Waals surface area contributed by atoms with Crippen LogP contribution >= 0.6 is 11.3 Å². The minimum atomic E-state index is 0.774. The molecule has 0 saturated heterocycles. The summed E-state index contributed by atoms with van der Waals surface area (Å²) in [6.45, 7) is 4.13. The highest BCUT2D eigenvalue weighted by Gasteiger charge is 2.05. The maximum Gasteiger partial charge on any atom is 0.211 e. The monoisotopic (exact) mass is 296 g/mol. The lowest BCUT2D eigenvalue weighted by Crippen LogP contribution is -1.89. The van der Waals surface area contributed by atoms with Crippen molar-refractivity contribution in [2.45, 2.75) is 13.8 Å². The first-order valence-corrected chi connectivity index (χ1v) is 7.51. The van der Waals surface area contributed by atoms with E-state index in [-0.39, 0.29) is 0 Å². The Hall–Kier alpha value is -2.40. The van der Waals surface area contributed by atoms with E-state index in [1.54, 1.807) is 0 Å². The van der Waals surface area contributed by atoms with Gasteiger partial charge in [0.25, 0.3) is 0 Å². The molecule has 106 valence electrons. The van der Waals surface area contributed by atoms with Crippen LogP contribution in [-0.4, -0.2) is 10.2 Å². The molecular formula is C16H16N4S. The van der Waals surface area contributed by atoms with Crippen molar-refractivity contribution in [2.75, 3.05) is 10.6 Å². The Morgan fingerprint density at radius 2 is 1.24 bits per heavy atom. The summed E-state index contributed by atoms with van der Waals surface area (Å²) < 4.78 is 0. The normalized spacial score (nSPS) is 10.4. The molecule has 0 atom stereocenters. The fourth-order valence-corrected chi connectivity index (χ4v) is 2.70. The van der Waals surface area contributed by atoms with Crippen LogP contribution in [0.3, 0.4) is 0 Å². The van der Waals surface area contributed by atoms with Gasteiger partial charge in [-0.25, -0.2) is 0 Å². The molecule has 1 heterocycles. The zero-order valence-corrected chi connectivity index (χ0v) is 12.7. The maximum absolute atomic E-state index is 4.15. The molecule has 0 bridgehead atoms. The van der Waals surface area contributed by atoms with Gasteiger partial charge in [-0.1, -0.05) is 35.6 Å². The average Bonchev–Trinajstić information content (AvgIpc) is 2.86. The lowest BCUT2D eigenvalue weighted by molar-refractivity contribution is 1.09. The third-order valence-electron chi connectivity index (χ3n) is 2.96. The van der Waals surface area contributed by atoms with Gasteiger partial charge in [-0.2, -0.15) is 0 Å². The molecule has 2 N–H and O–H groups in total. The van der Waals surface area contributed by atoms with Gasteiger partial charge in [-0.3, -0.25) is 0 Å². The van der Waals surface area contributed by atoms with Crippen LogP contribution in [0, 0.1) is 13.8 Å². The topological polar surface area (TPSA) is 49.8 Å². The Balaban J connectivity index is 1.71. The quantitative estimate of drug-likeness (QED) is 0.736. The van der Waals surface area contributed by atoms with Crippen molar-refractivity contribution in [3.63, 3.8) is 0 Å². The van der Waals surface area contributed by atoms with E-state index in [0.29, 0.717) is 0 Å². The van der Waals surface area contributed by atoms with Crippen molar-refractivity contribution in [3.8, 4) is 0 Å². The Bertz CT molecular complexity index is 689. The molecular weight excluding hydrogens is 280 g/mol. The molecule has 3 aromatic rings. The Morgan fingerprint density at radius 1 is 0.762 bits per heavy atom. The lowest BCUT2D eigenvalue weighted by Gasteiger charge is -2.03. The number of nitrogens with one attached hydrogen (secondary N) is 2. The summed E-state index contributed by atoms with van der Waals surface area (Å²) in [4.78, 5) is 0. The first kappa shape index (κ1) is 13.6. The van der Waals surface area contributed by atoms with Gasteiger partial charge >= 0.3 is 0 Å². The first-order chi connectivity index (χ1) is 10.2. The van der Waals surface area contributed by atoms with E-state index in [4.69, 9.17) is 0 Å². The van der Waals surface area contributed by atoms with E-state index >= 15 is 0 Å². The summed E-state index contributed by atoms with van der Waals surface area (Å²) >= 11 is 1.49. The number of nitrogens with zero attached hydrogens (tertiary/aromatic N) is 2. The van der Waals surface area contributed by atoms with Crippen LogP contribution in [0.1, 0.15) is 11.1 Å². The second-order valence-electron chi connectivity index (χ2n) is 4.90. The molecule has 0 spiro atoms. The molecule has 0 aliphatic rings. The minimum absolute atomic E-state index is 0.774. The zero-order chi connectivity index (χ0) is 14.7. The van der Waals surface area contributed by atoms with Gasteiger partial charge < -0.3 is 10.6 Å². The smallest absolute Gasteiger partial charge is 0.211 e. The molecule has 3 rings (SSSR count). The minimum Gasteiger partial charge on any atom is -0.330 e. The summed E-state index contributed by atoms with van der Waals surface area (Å²) in [5, 5.41) is 16.4. The molecule has 0 fully saturated rings. The van der Waals surface area contributed by atoms with Crippen LogP contribution < -0.4 is 10.6 Å². The molecule has 0 radical (unpaired) electrons. The van der Waals surface area contributed by atoms with Crippen LogP contribution in [0.4, 0.5) is 21.6 Å². The van der Waals surface area contributed by atoms with Crippen LogP contribution in [0.15, 0.2) is 48.5 Å². The Kier molecular flexibility index (Phi) is 3.83. The predicted octanol–water partition coefficient (Wildman–Crippen LogP) is 4.64. The molecule has 0 aliphatic heterocycles. The van der Waals surface area contributed by atoms with E-state index in [9.17, 15) is 0 Å². The largest absolute Gasteiger partial charge is 0.330 e. The number of rotatable bonds is 4. The summed E-state index contributed by atoms with van der Waals surface area (Å²) in [7, 11) is 0. The fraction of sp³-hybridized carbons (Fsp3) is 0.125. The molecule has 0 amide bonds. The SMILES string of the molecule is Cc1cccc(Nc2nnc(Nc3cccc(C)c3)s2)c1. The molecule has 21 heavy (non-hydrogen) atoms. The third kappa shape index (κ3) is 3.58. The second-order valence-corrected chi connectivity index (χ2v) is 5.88. The molecule has 5 heteroatoms. The van der Waals surface area contributed by atoms with Crippen molar-refractivity contribution in [1.82, 2.24) is 10.2 Å². The van der Waals surface area contributed by atoms with Gasteiger partial charge in [-0.15, -0.1) is 10.2 Å². The maximum atomic E-state index is 4.15.